The fourth-order valence-corrected chi connectivity index (χ4v) is 2.77. The number of carbonyl (C=O) groups excluding carboxylic acids is 1. The molecule has 1 heterocycles. The molecule has 1 amide bonds. The number of anilines is 2. The van der Waals surface area contributed by atoms with Gasteiger partial charge in [-0.2, -0.15) is 0 Å². The average molecular weight is 277 g/mol. The Hall–Kier alpha value is -1.75. The Morgan fingerprint density at radius 3 is 2.80 bits per heavy atom. The number of amides is 1. The van der Waals surface area contributed by atoms with E-state index in [9.17, 15) is 9.90 Å². The molecule has 5 nitrogen and oxygen atoms in total. The summed E-state index contributed by atoms with van der Waals surface area (Å²) in [5.41, 5.74) is 8.17. The Morgan fingerprint density at radius 1 is 1.50 bits per heavy atom. The molecule has 1 aliphatic heterocycles. The van der Waals surface area contributed by atoms with E-state index in [-0.39, 0.29) is 18.6 Å². The van der Waals surface area contributed by atoms with Gasteiger partial charge in [0.2, 0.25) is 0 Å². The molecule has 0 aliphatic carbocycles. The van der Waals surface area contributed by atoms with Crippen molar-refractivity contribution in [3.05, 3.63) is 23.8 Å². The van der Waals surface area contributed by atoms with Crippen LogP contribution in [-0.4, -0.2) is 49.2 Å². The number of hydrogen-bond acceptors (Lipinski definition) is 4. The summed E-state index contributed by atoms with van der Waals surface area (Å²) in [6.07, 6.45) is 1.02. The first-order valence-electron chi connectivity index (χ1n) is 6.94. The molecule has 110 valence electrons. The van der Waals surface area contributed by atoms with Crippen LogP contribution < -0.4 is 10.6 Å². The molecule has 0 saturated carbocycles. The molecule has 0 bridgehead atoms. The number of aliphatic hydroxyl groups is 1. The van der Waals surface area contributed by atoms with E-state index in [1.807, 2.05) is 6.07 Å². The summed E-state index contributed by atoms with van der Waals surface area (Å²) in [4.78, 5) is 15.7. The van der Waals surface area contributed by atoms with Crippen molar-refractivity contribution in [1.29, 1.82) is 0 Å². The van der Waals surface area contributed by atoms with Crippen LogP contribution in [0, 0.1) is 5.92 Å². The monoisotopic (exact) mass is 277 g/mol. The van der Waals surface area contributed by atoms with Crippen LogP contribution in [0.15, 0.2) is 18.2 Å². The third kappa shape index (κ3) is 2.58. The molecule has 2 rings (SSSR count). The molecule has 0 spiro atoms. The number of aliphatic hydroxyl groups excluding tert-OH is 1. The number of nitrogen functional groups attached to an aromatic ring is 1. The Labute approximate surface area is 120 Å². The van der Waals surface area contributed by atoms with Crippen molar-refractivity contribution in [3.63, 3.8) is 0 Å². The van der Waals surface area contributed by atoms with Gasteiger partial charge in [0.1, 0.15) is 0 Å². The first-order valence-corrected chi connectivity index (χ1v) is 6.94. The van der Waals surface area contributed by atoms with Gasteiger partial charge in [0.05, 0.1) is 24.0 Å². The molecule has 1 aliphatic rings. The minimum absolute atomic E-state index is 0.0426. The number of nitrogens with zero attached hydrogens (tertiary/aromatic N) is 2. The molecule has 1 saturated heterocycles. The fraction of sp³-hybridized carbons (Fsp3) is 0.533. The van der Waals surface area contributed by atoms with Gasteiger partial charge in [0.25, 0.3) is 5.91 Å². The summed E-state index contributed by atoms with van der Waals surface area (Å²) < 4.78 is 0. The van der Waals surface area contributed by atoms with E-state index in [1.165, 1.54) is 0 Å². The van der Waals surface area contributed by atoms with Gasteiger partial charge in [-0.3, -0.25) is 4.79 Å². The Kier molecular flexibility index (Phi) is 4.18. The lowest BCUT2D eigenvalue weighted by molar-refractivity contribution is 0.0827. The lowest BCUT2D eigenvalue weighted by atomic mass is 10.0. The van der Waals surface area contributed by atoms with E-state index >= 15 is 0 Å². The second-order valence-electron chi connectivity index (χ2n) is 5.68. The standard InChI is InChI=1S/C15H23N3O2/c1-10-6-7-18(14(10)9-19)13-8-11(4-5-12(13)16)15(20)17(2)3/h4-5,8,10,14,19H,6-7,9,16H2,1-3H3. The van der Waals surface area contributed by atoms with Gasteiger partial charge >= 0.3 is 0 Å². The van der Waals surface area contributed by atoms with Crippen molar-refractivity contribution in [1.82, 2.24) is 4.90 Å². The zero-order valence-corrected chi connectivity index (χ0v) is 12.3. The highest BCUT2D eigenvalue weighted by atomic mass is 16.3. The van der Waals surface area contributed by atoms with Crippen molar-refractivity contribution in [2.75, 3.05) is 37.9 Å². The molecule has 0 radical (unpaired) electrons. The molecular formula is C15H23N3O2. The molecule has 2 unspecified atom stereocenters. The van der Waals surface area contributed by atoms with Crippen LogP contribution in [-0.2, 0) is 0 Å². The molecule has 1 aromatic rings. The predicted molar refractivity (Wildman–Crippen MR) is 80.9 cm³/mol. The summed E-state index contributed by atoms with van der Waals surface area (Å²) in [7, 11) is 3.46. The Balaban J connectivity index is 2.36. The fourth-order valence-electron chi connectivity index (χ4n) is 2.77. The Morgan fingerprint density at radius 2 is 2.20 bits per heavy atom. The van der Waals surface area contributed by atoms with Crippen LogP contribution in [0.3, 0.4) is 0 Å². The van der Waals surface area contributed by atoms with Crippen LogP contribution >= 0.6 is 0 Å². The van der Waals surface area contributed by atoms with Crippen LogP contribution in [0.4, 0.5) is 11.4 Å². The van der Waals surface area contributed by atoms with Gasteiger partial charge in [-0.15, -0.1) is 0 Å². The SMILES string of the molecule is CC1CCN(c2cc(C(=O)N(C)C)ccc2N)C1CO. The minimum atomic E-state index is -0.0426. The van der Waals surface area contributed by atoms with E-state index in [1.54, 1.807) is 31.1 Å². The van der Waals surface area contributed by atoms with Gasteiger partial charge < -0.3 is 20.6 Å². The van der Waals surface area contributed by atoms with Crippen LogP contribution in [0.5, 0.6) is 0 Å². The second-order valence-corrected chi connectivity index (χ2v) is 5.68. The third-order valence-corrected chi connectivity index (χ3v) is 4.06. The van der Waals surface area contributed by atoms with Crippen LogP contribution in [0.1, 0.15) is 23.7 Å². The van der Waals surface area contributed by atoms with Gasteiger partial charge in [0.15, 0.2) is 0 Å². The first-order chi connectivity index (χ1) is 9.45. The molecule has 2 atom stereocenters. The molecule has 20 heavy (non-hydrogen) atoms. The molecule has 3 N–H and O–H groups in total. The highest BCUT2D eigenvalue weighted by Crippen LogP contribution is 2.34. The van der Waals surface area contributed by atoms with Crippen molar-refractivity contribution in [2.24, 2.45) is 5.92 Å². The number of benzene rings is 1. The number of rotatable bonds is 3. The molecule has 0 aromatic heterocycles. The van der Waals surface area contributed by atoms with Gasteiger partial charge in [0, 0.05) is 26.2 Å². The second kappa shape index (κ2) is 5.71. The smallest absolute Gasteiger partial charge is 0.253 e. The predicted octanol–water partition coefficient (Wildman–Crippen LogP) is 1.18. The maximum atomic E-state index is 12.1. The summed E-state index contributed by atoms with van der Waals surface area (Å²) in [5.74, 6) is 0.381. The minimum Gasteiger partial charge on any atom is -0.397 e. The van der Waals surface area contributed by atoms with E-state index in [0.717, 1.165) is 18.7 Å². The third-order valence-electron chi connectivity index (χ3n) is 4.06. The molecule has 1 fully saturated rings. The zero-order valence-electron chi connectivity index (χ0n) is 12.3. The summed E-state index contributed by atoms with van der Waals surface area (Å²) >= 11 is 0. The van der Waals surface area contributed by atoms with E-state index in [0.29, 0.717) is 17.2 Å². The first kappa shape index (κ1) is 14.7. The van der Waals surface area contributed by atoms with Crippen LogP contribution in [0.25, 0.3) is 0 Å². The lowest BCUT2D eigenvalue weighted by Gasteiger charge is -2.29. The van der Waals surface area contributed by atoms with Gasteiger partial charge in [-0.25, -0.2) is 0 Å². The number of nitrogens with two attached hydrogens (primary N) is 1. The summed E-state index contributed by atoms with van der Waals surface area (Å²) in [5, 5.41) is 9.57. The average Bonchev–Trinajstić information content (AvgIpc) is 2.79. The van der Waals surface area contributed by atoms with Crippen molar-refractivity contribution in [3.8, 4) is 0 Å². The number of hydrogen-bond donors (Lipinski definition) is 2. The zero-order chi connectivity index (χ0) is 14.9. The molecule has 5 heteroatoms. The van der Waals surface area contributed by atoms with E-state index in [2.05, 4.69) is 11.8 Å². The summed E-state index contributed by atoms with van der Waals surface area (Å²) in [6, 6.07) is 5.42. The van der Waals surface area contributed by atoms with Gasteiger partial charge in [-0.1, -0.05) is 6.92 Å². The van der Waals surface area contributed by atoms with E-state index in [4.69, 9.17) is 5.73 Å². The maximum Gasteiger partial charge on any atom is 0.253 e. The molecular weight excluding hydrogens is 254 g/mol. The molecule has 1 aromatic carbocycles. The van der Waals surface area contributed by atoms with Crippen molar-refractivity contribution >= 4 is 17.3 Å². The lowest BCUT2D eigenvalue weighted by Crippen LogP contribution is -2.35. The maximum absolute atomic E-state index is 12.1. The quantitative estimate of drug-likeness (QED) is 0.814. The number of carbonyl (C=O) groups is 1. The van der Waals surface area contributed by atoms with Crippen molar-refractivity contribution < 1.29 is 9.90 Å². The van der Waals surface area contributed by atoms with E-state index < -0.39 is 0 Å². The Bertz CT molecular complexity index is 502. The van der Waals surface area contributed by atoms with Crippen molar-refractivity contribution in [2.45, 2.75) is 19.4 Å². The largest absolute Gasteiger partial charge is 0.397 e. The summed E-state index contributed by atoms with van der Waals surface area (Å²) in [6.45, 7) is 3.09. The van der Waals surface area contributed by atoms with Gasteiger partial charge in [-0.05, 0) is 30.5 Å². The van der Waals surface area contributed by atoms with Crippen LogP contribution in [0.2, 0.25) is 0 Å². The normalized spacial score (nSPS) is 22.1. The topological polar surface area (TPSA) is 69.8 Å². The highest BCUT2D eigenvalue weighted by molar-refractivity contribution is 5.96. The highest BCUT2D eigenvalue weighted by Gasteiger charge is 2.31.